The van der Waals surface area contributed by atoms with E-state index in [0.29, 0.717) is 18.8 Å². The van der Waals surface area contributed by atoms with Crippen LogP contribution in [0, 0.1) is 6.92 Å². The lowest BCUT2D eigenvalue weighted by Crippen LogP contribution is -2.07. The maximum absolute atomic E-state index is 11.8. The highest BCUT2D eigenvalue weighted by Crippen LogP contribution is 2.31. The van der Waals surface area contributed by atoms with Gasteiger partial charge in [0.05, 0.1) is 19.4 Å². The van der Waals surface area contributed by atoms with Crippen LogP contribution in [0.1, 0.15) is 29.9 Å². The minimum Gasteiger partial charge on any atom is -0.496 e. The van der Waals surface area contributed by atoms with Crippen molar-refractivity contribution in [2.24, 2.45) is 0 Å². The van der Waals surface area contributed by atoms with Crippen LogP contribution in [-0.2, 0) is 11.3 Å². The molecule has 5 heteroatoms. The van der Waals surface area contributed by atoms with Gasteiger partial charge in [-0.15, -0.1) is 0 Å². The zero-order valence-corrected chi connectivity index (χ0v) is 12.8. The van der Waals surface area contributed by atoms with Gasteiger partial charge in [-0.1, -0.05) is 6.07 Å². The molecule has 21 heavy (non-hydrogen) atoms. The maximum atomic E-state index is 11.8. The Balaban J connectivity index is 2.50. The zero-order chi connectivity index (χ0) is 15.4. The molecule has 0 radical (unpaired) electrons. The standard InChI is InChI=1S/C16H20N2O3/c1-5-18-14(10-13(17-18)16(19)21-6-2)12-8-7-11(3)9-15(12)20-4/h7-10H,5-6H2,1-4H3. The predicted molar refractivity (Wildman–Crippen MR) is 80.6 cm³/mol. The van der Waals surface area contributed by atoms with E-state index in [9.17, 15) is 4.79 Å². The summed E-state index contributed by atoms with van der Waals surface area (Å²) in [5.74, 6) is 0.358. The van der Waals surface area contributed by atoms with Gasteiger partial charge in [0.15, 0.2) is 5.69 Å². The lowest BCUT2D eigenvalue weighted by molar-refractivity contribution is 0.0518. The summed E-state index contributed by atoms with van der Waals surface area (Å²) in [6.07, 6.45) is 0. The Kier molecular flexibility index (Phi) is 4.62. The highest BCUT2D eigenvalue weighted by Gasteiger charge is 2.18. The summed E-state index contributed by atoms with van der Waals surface area (Å²) in [7, 11) is 1.64. The van der Waals surface area contributed by atoms with Crippen LogP contribution in [0.15, 0.2) is 24.3 Å². The molecule has 0 saturated heterocycles. The first-order valence-electron chi connectivity index (χ1n) is 7.00. The number of aryl methyl sites for hydroxylation is 2. The molecule has 112 valence electrons. The number of aromatic nitrogens is 2. The lowest BCUT2D eigenvalue weighted by Gasteiger charge is -2.10. The molecule has 0 bridgehead atoms. The van der Waals surface area contributed by atoms with E-state index in [-0.39, 0.29) is 0 Å². The molecule has 1 aromatic carbocycles. The van der Waals surface area contributed by atoms with E-state index in [4.69, 9.17) is 9.47 Å². The molecule has 0 saturated carbocycles. The van der Waals surface area contributed by atoms with Crippen molar-refractivity contribution in [2.75, 3.05) is 13.7 Å². The number of hydrogen-bond acceptors (Lipinski definition) is 4. The van der Waals surface area contributed by atoms with Gasteiger partial charge in [0.25, 0.3) is 0 Å². The van der Waals surface area contributed by atoms with E-state index in [1.54, 1.807) is 24.8 Å². The SMILES string of the molecule is CCOC(=O)c1cc(-c2ccc(C)cc2OC)n(CC)n1. The van der Waals surface area contributed by atoms with E-state index < -0.39 is 5.97 Å². The molecule has 0 aliphatic heterocycles. The van der Waals surface area contributed by atoms with E-state index in [1.165, 1.54) is 0 Å². The highest BCUT2D eigenvalue weighted by atomic mass is 16.5. The number of benzene rings is 1. The third-order valence-electron chi connectivity index (χ3n) is 3.20. The predicted octanol–water partition coefficient (Wildman–Crippen LogP) is 3.06. The third-order valence-corrected chi connectivity index (χ3v) is 3.20. The van der Waals surface area contributed by atoms with Crippen molar-refractivity contribution in [3.05, 3.63) is 35.5 Å². The molecular weight excluding hydrogens is 268 g/mol. The first kappa shape index (κ1) is 15.1. The minimum atomic E-state index is -0.406. The number of hydrogen-bond donors (Lipinski definition) is 0. The molecule has 0 spiro atoms. The fourth-order valence-corrected chi connectivity index (χ4v) is 2.19. The molecule has 0 N–H and O–H groups in total. The summed E-state index contributed by atoms with van der Waals surface area (Å²) in [6.45, 7) is 6.75. The highest BCUT2D eigenvalue weighted by molar-refractivity contribution is 5.89. The summed E-state index contributed by atoms with van der Waals surface area (Å²) in [5, 5.41) is 4.31. The monoisotopic (exact) mass is 288 g/mol. The maximum Gasteiger partial charge on any atom is 0.358 e. The largest absolute Gasteiger partial charge is 0.496 e. The Morgan fingerprint density at radius 1 is 1.29 bits per heavy atom. The summed E-state index contributed by atoms with van der Waals surface area (Å²) >= 11 is 0. The van der Waals surface area contributed by atoms with Crippen LogP contribution in [0.2, 0.25) is 0 Å². The number of ether oxygens (including phenoxy) is 2. The Morgan fingerprint density at radius 2 is 2.05 bits per heavy atom. The third kappa shape index (κ3) is 3.07. The number of nitrogens with zero attached hydrogens (tertiary/aromatic N) is 2. The molecule has 2 rings (SSSR count). The molecule has 0 atom stereocenters. The molecule has 2 aromatic rings. The zero-order valence-electron chi connectivity index (χ0n) is 12.8. The van der Waals surface area contributed by atoms with E-state index >= 15 is 0 Å². The molecule has 0 aliphatic carbocycles. The van der Waals surface area contributed by atoms with Gasteiger partial charge in [-0.05, 0) is 44.5 Å². The molecule has 0 amide bonds. The minimum absolute atomic E-state index is 0.316. The molecular formula is C16H20N2O3. The molecule has 0 unspecified atom stereocenters. The molecule has 5 nitrogen and oxygen atoms in total. The number of rotatable bonds is 5. The smallest absolute Gasteiger partial charge is 0.358 e. The molecule has 0 fully saturated rings. The van der Waals surface area contributed by atoms with Crippen molar-refractivity contribution >= 4 is 5.97 Å². The first-order valence-corrected chi connectivity index (χ1v) is 7.00. The second kappa shape index (κ2) is 6.43. The van der Waals surface area contributed by atoms with E-state index in [2.05, 4.69) is 5.10 Å². The quantitative estimate of drug-likeness (QED) is 0.793. The van der Waals surface area contributed by atoms with Crippen LogP contribution in [0.4, 0.5) is 0 Å². The van der Waals surface area contributed by atoms with E-state index in [0.717, 1.165) is 22.6 Å². The van der Waals surface area contributed by atoms with Crippen molar-refractivity contribution in [1.29, 1.82) is 0 Å². The summed E-state index contributed by atoms with van der Waals surface area (Å²) < 4.78 is 12.2. The van der Waals surface area contributed by atoms with Gasteiger partial charge >= 0.3 is 5.97 Å². The summed E-state index contributed by atoms with van der Waals surface area (Å²) in [5.41, 5.74) is 3.19. The number of carbonyl (C=O) groups is 1. The van der Waals surface area contributed by atoms with Crippen LogP contribution < -0.4 is 4.74 Å². The second-order valence-corrected chi connectivity index (χ2v) is 4.65. The van der Waals surface area contributed by atoms with E-state index in [1.807, 2.05) is 32.0 Å². The van der Waals surface area contributed by atoms with Gasteiger partial charge < -0.3 is 9.47 Å². The molecule has 0 aliphatic rings. The first-order chi connectivity index (χ1) is 10.1. The van der Waals surface area contributed by atoms with Crippen LogP contribution >= 0.6 is 0 Å². The fourth-order valence-electron chi connectivity index (χ4n) is 2.19. The van der Waals surface area contributed by atoms with Gasteiger partial charge in [-0.3, -0.25) is 4.68 Å². The fraction of sp³-hybridized carbons (Fsp3) is 0.375. The molecule has 1 aromatic heterocycles. The van der Waals surface area contributed by atoms with Crippen LogP contribution in [0.3, 0.4) is 0 Å². The van der Waals surface area contributed by atoms with Crippen molar-refractivity contribution in [2.45, 2.75) is 27.3 Å². The Hall–Kier alpha value is -2.30. The topological polar surface area (TPSA) is 53.4 Å². The van der Waals surface area contributed by atoms with Crippen LogP contribution in [-0.4, -0.2) is 29.5 Å². The van der Waals surface area contributed by atoms with Crippen molar-refractivity contribution in [1.82, 2.24) is 9.78 Å². The number of esters is 1. The molecule has 1 heterocycles. The van der Waals surface area contributed by atoms with Crippen molar-refractivity contribution < 1.29 is 14.3 Å². The van der Waals surface area contributed by atoms with Gasteiger partial charge in [0, 0.05) is 12.1 Å². The number of methoxy groups -OCH3 is 1. The Morgan fingerprint density at radius 3 is 2.67 bits per heavy atom. The van der Waals surface area contributed by atoms with Gasteiger partial charge in [-0.2, -0.15) is 5.10 Å². The Labute approximate surface area is 124 Å². The average molecular weight is 288 g/mol. The van der Waals surface area contributed by atoms with Crippen LogP contribution in [0.5, 0.6) is 5.75 Å². The van der Waals surface area contributed by atoms with Gasteiger partial charge in [0.2, 0.25) is 0 Å². The van der Waals surface area contributed by atoms with Crippen molar-refractivity contribution in [3.8, 4) is 17.0 Å². The second-order valence-electron chi connectivity index (χ2n) is 4.65. The van der Waals surface area contributed by atoms with Gasteiger partial charge in [0.1, 0.15) is 5.75 Å². The van der Waals surface area contributed by atoms with Gasteiger partial charge in [-0.25, -0.2) is 4.79 Å². The Bertz CT molecular complexity index is 647. The lowest BCUT2D eigenvalue weighted by atomic mass is 10.1. The van der Waals surface area contributed by atoms with Crippen LogP contribution in [0.25, 0.3) is 11.3 Å². The summed E-state index contributed by atoms with van der Waals surface area (Å²) in [4.78, 5) is 11.8. The average Bonchev–Trinajstić information content (AvgIpc) is 2.91. The summed E-state index contributed by atoms with van der Waals surface area (Å²) in [6, 6.07) is 7.70. The normalized spacial score (nSPS) is 10.5. The number of carbonyl (C=O) groups excluding carboxylic acids is 1. The van der Waals surface area contributed by atoms with Crippen molar-refractivity contribution in [3.63, 3.8) is 0 Å².